The van der Waals surface area contributed by atoms with Crippen LogP contribution in [0.5, 0.6) is 11.5 Å². The van der Waals surface area contributed by atoms with Crippen LogP contribution < -0.4 is 9.47 Å². The van der Waals surface area contributed by atoms with Crippen molar-refractivity contribution in [3.63, 3.8) is 0 Å². The van der Waals surface area contributed by atoms with Gasteiger partial charge in [0.1, 0.15) is 12.2 Å². The lowest BCUT2D eigenvalue weighted by molar-refractivity contribution is -0.0518. The van der Waals surface area contributed by atoms with Gasteiger partial charge in [0.2, 0.25) is 0 Å². The number of piperidine rings is 1. The lowest BCUT2D eigenvalue weighted by Gasteiger charge is -2.57. The third-order valence-corrected chi connectivity index (χ3v) is 6.99. The number of hydrogen-bond donors (Lipinski definition) is 1. The first-order chi connectivity index (χ1) is 12.2. The molecule has 0 saturated carbocycles. The SMILES string of the molecule is CCCCN1CCC23c4c5ccc(OC)c4OC2C(O)C=CC3C1C5. The van der Waals surface area contributed by atoms with Crippen molar-refractivity contribution in [1.82, 2.24) is 4.90 Å². The molecule has 4 aliphatic rings. The molecule has 5 atom stereocenters. The highest BCUT2D eigenvalue weighted by Crippen LogP contribution is 2.62. The zero-order valence-electron chi connectivity index (χ0n) is 15.1. The minimum atomic E-state index is -0.540. The van der Waals surface area contributed by atoms with E-state index >= 15 is 0 Å². The molecule has 2 aliphatic heterocycles. The Morgan fingerprint density at radius 1 is 1.36 bits per heavy atom. The third-order valence-electron chi connectivity index (χ3n) is 6.99. The molecule has 1 fully saturated rings. The second-order valence-corrected chi connectivity index (χ2v) is 8.02. The monoisotopic (exact) mass is 341 g/mol. The van der Waals surface area contributed by atoms with E-state index in [4.69, 9.17) is 9.47 Å². The molecule has 0 amide bonds. The molecule has 2 aliphatic carbocycles. The molecule has 1 N–H and O–H groups in total. The second-order valence-electron chi connectivity index (χ2n) is 8.02. The standard InChI is InChI=1S/C21H27NO3/c1-3-4-10-22-11-9-21-14-6-7-16(23)20(21)25-19-17(24-2)8-5-13(18(19)21)12-15(14)22/h5-8,14-16,20,23H,3-4,9-12H2,1-2H3. The molecule has 4 heteroatoms. The van der Waals surface area contributed by atoms with Gasteiger partial charge >= 0.3 is 0 Å². The number of rotatable bonds is 4. The van der Waals surface area contributed by atoms with Crippen molar-refractivity contribution in [2.45, 2.75) is 56.3 Å². The summed E-state index contributed by atoms with van der Waals surface area (Å²) >= 11 is 0. The van der Waals surface area contributed by atoms with Crippen molar-refractivity contribution in [3.8, 4) is 11.5 Å². The van der Waals surface area contributed by atoms with Crippen molar-refractivity contribution < 1.29 is 14.6 Å². The second kappa shape index (κ2) is 5.49. The summed E-state index contributed by atoms with van der Waals surface area (Å²) in [5.74, 6) is 2.12. The van der Waals surface area contributed by atoms with Crippen LogP contribution in [0.3, 0.4) is 0 Å². The average Bonchev–Trinajstić information content (AvgIpc) is 2.97. The molecule has 2 bridgehead atoms. The number of hydrogen-bond acceptors (Lipinski definition) is 4. The van der Waals surface area contributed by atoms with Crippen LogP contribution in [0, 0.1) is 5.92 Å². The number of nitrogens with zero attached hydrogens (tertiary/aromatic N) is 1. The molecular formula is C21H27NO3. The number of ether oxygens (including phenoxy) is 2. The van der Waals surface area contributed by atoms with E-state index in [1.54, 1.807) is 7.11 Å². The summed E-state index contributed by atoms with van der Waals surface area (Å²) in [6.45, 7) is 4.53. The highest BCUT2D eigenvalue weighted by atomic mass is 16.5. The first-order valence-corrected chi connectivity index (χ1v) is 9.68. The van der Waals surface area contributed by atoms with Gasteiger partial charge in [0, 0.05) is 22.9 Å². The van der Waals surface area contributed by atoms with Crippen LogP contribution in [0.15, 0.2) is 24.3 Å². The first kappa shape index (κ1) is 15.7. The van der Waals surface area contributed by atoms with E-state index in [0.29, 0.717) is 12.0 Å². The Labute approximate surface area is 149 Å². The van der Waals surface area contributed by atoms with Gasteiger partial charge in [-0.3, -0.25) is 4.90 Å². The Morgan fingerprint density at radius 3 is 3.04 bits per heavy atom. The first-order valence-electron chi connectivity index (χ1n) is 9.68. The largest absolute Gasteiger partial charge is 0.493 e. The molecular weight excluding hydrogens is 314 g/mol. The molecule has 134 valence electrons. The Morgan fingerprint density at radius 2 is 2.24 bits per heavy atom. The number of unbranched alkanes of at least 4 members (excludes halogenated alkanes) is 1. The van der Waals surface area contributed by atoms with Crippen molar-refractivity contribution >= 4 is 0 Å². The highest BCUT2D eigenvalue weighted by Gasteiger charge is 2.64. The number of aliphatic hydroxyl groups is 1. The highest BCUT2D eigenvalue weighted by molar-refractivity contribution is 5.62. The van der Waals surface area contributed by atoms with Gasteiger partial charge in [-0.25, -0.2) is 0 Å². The molecule has 4 nitrogen and oxygen atoms in total. The molecule has 1 aromatic rings. The van der Waals surface area contributed by atoms with Gasteiger partial charge in [0.15, 0.2) is 11.5 Å². The summed E-state index contributed by atoms with van der Waals surface area (Å²) in [7, 11) is 1.70. The number of methoxy groups -OCH3 is 1. The minimum Gasteiger partial charge on any atom is -0.493 e. The lowest BCUT2D eigenvalue weighted by Crippen LogP contribution is -2.65. The molecule has 5 rings (SSSR count). The smallest absolute Gasteiger partial charge is 0.165 e. The van der Waals surface area contributed by atoms with Gasteiger partial charge in [-0.15, -0.1) is 0 Å². The molecule has 5 unspecified atom stereocenters. The van der Waals surface area contributed by atoms with Crippen LogP contribution in [-0.4, -0.2) is 48.5 Å². The normalized spacial score (nSPS) is 37.6. The fraction of sp³-hybridized carbons (Fsp3) is 0.619. The van der Waals surface area contributed by atoms with Crippen LogP contribution in [0.25, 0.3) is 0 Å². The fourth-order valence-electron chi connectivity index (χ4n) is 5.92. The summed E-state index contributed by atoms with van der Waals surface area (Å²) < 4.78 is 12.0. The molecule has 25 heavy (non-hydrogen) atoms. The third kappa shape index (κ3) is 1.90. The molecule has 1 aromatic carbocycles. The van der Waals surface area contributed by atoms with E-state index in [1.807, 2.05) is 12.1 Å². The summed E-state index contributed by atoms with van der Waals surface area (Å²) in [6.07, 6.45) is 8.14. The van der Waals surface area contributed by atoms with Gasteiger partial charge in [-0.1, -0.05) is 31.6 Å². The van der Waals surface area contributed by atoms with E-state index in [2.05, 4.69) is 24.0 Å². The Kier molecular flexibility index (Phi) is 3.45. The molecule has 1 saturated heterocycles. The predicted octanol–water partition coefficient (Wildman–Crippen LogP) is 2.67. The van der Waals surface area contributed by atoms with Crippen LogP contribution in [-0.2, 0) is 11.8 Å². The van der Waals surface area contributed by atoms with Crippen molar-refractivity contribution in [3.05, 3.63) is 35.4 Å². The van der Waals surface area contributed by atoms with Gasteiger partial charge < -0.3 is 14.6 Å². The summed E-state index contributed by atoms with van der Waals surface area (Å²) in [5, 5.41) is 10.7. The van der Waals surface area contributed by atoms with Gasteiger partial charge in [-0.2, -0.15) is 0 Å². The van der Waals surface area contributed by atoms with E-state index in [1.165, 1.54) is 30.5 Å². The van der Waals surface area contributed by atoms with E-state index in [9.17, 15) is 5.11 Å². The van der Waals surface area contributed by atoms with Gasteiger partial charge in [0.05, 0.1) is 7.11 Å². The van der Waals surface area contributed by atoms with Crippen LogP contribution >= 0.6 is 0 Å². The van der Waals surface area contributed by atoms with Crippen molar-refractivity contribution in [1.29, 1.82) is 0 Å². The predicted molar refractivity (Wildman–Crippen MR) is 96.3 cm³/mol. The number of benzene rings is 1. The number of aliphatic hydroxyl groups excluding tert-OH is 1. The van der Waals surface area contributed by atoms with E-state index < -0.39 is 6.10 Å². The quantitative estimate of drug-likeness (QED) is 0.855. The molecule has 1 spiro atoms. The fourth-order valence-corrected chi connectivity index (χ4v) is 5.92. The molecule has 2 heterocycles. The Balaban J connectivity index is 1.67. The maximum absolute atomic E-state index is 10.7. The van der Waals surface area contributed by atoms with Crippen molar-refractivity contribution in [2.24, 2.45) is 5.92 Å². The Hall–Kier alpha value is -1.52. The number of likely N-dealkylation sites (tertiary alicyclic amines) is 1. The topological polar surface area (TPSA) is 41.9 Å². The van der Waals surface area contributed by atoms with Crippen molar-refractivity contribution in [2.75, 3.05) is 20.2 Å². The van der Waals surface area contributed by atoms with E-state index in [-0.39, 0.29) is 11.5 Å². The summed E-state index contributed by atoms with van der Waals surface area (Å²) in [4.78, 5) is 2.68. The minimum absolute atomic E-state index is 0.0843. The average molecular weight is 341 g/mol. The van der Waals surface area contributed by atoms with E-state index in [0.717, 1.165) is 30.9 Å². The molecule has 0 aromatic heterocycles. The summed E-state index contributed by atoms with van der Waals surface area (Å²) in [5.41, 5.74) is 2.64. The zero-order valence-corrected chi connectivity index (χ0v) is 15.1. The van der Waals surface area contributed by atoms with Crippen LogP contribution in [0.2, 0.25) is 0 Å². The summed E-state index contributed by atoms with van der Waals surface area (Å²) in [6, 6.07) is 4.78. The van der Waals surface area contributed by atoms with Crippen LogP contribution in [0.1, 0.15) is 37.3 Å². The Bertz CT molecular complexity index is 730. The van der Waals surface area contributed by atoms with Crippen LogP contribution in [0.4, 0.5) is 0 Å². The molecule has 0 radical (unpaired) electrons. The van der Waals surface area contributed by atoms with Gasteiger partial charge in [0.25, 0.3) is 0 Å². The van der Waals surface area contributed by atoms with Gasteiger partial charge in [-0.05, 0) is 44.0 Å². The maximum Gasteiger partial charge on any atom is 0.165 e. The zero-order chi connectivity index (χ0) is 17.2. The maximum atomic E-state index is 10.7. The lowest BCUT2D eigenvalue weighted by atomic mass is 9.53.